The van der Waals surface area contributed by atoms with E-state index in [-0.39, 0.29) is 0 Å². The summed E-state index contributed by atoms with van der Waals surface area (Å²) in [4.78, 5) is 0. The summed E-state index contributed by atoms with van der Waals surface area (Å²) in [5.41, 5.74) is 6.14. The van der Waals surface area contributed by atoms with Crippen molar-refractivity contribution in [2.24, 2.45) is 0 Å². The Morgan fingerprint density at radius 3 is 1.53 bits per heavy atom. The Balaban J connectivity index is 1.33. The molecule has 0 spiro atoms. The molecule has 0 amide bonds. The number of benzene rings is 11. The lowest BCUT2D eigenvalue weighted by molar-refractivity contribution is 1.21. The molecule has 1 heteroatoms. The van der Waals surface area contributed by atoms with Gasteiger partial charge in [-0.05, 0) is 94.6 Å². The average Bonchev–Trinajstić information content (AvgIpc) is 3.57. The van der Waals surface area contributed by atoms with Crippen LogP contribution in [0.15, 0.2) is 188 Å². The van der Waals surface area contributed by atoms with Gasteiger partial charge in [0.05, 0.1) is 16.7 Å². The first-order valence-corrected chi connectivity index (χ1v) is 18.4. The van der Waals surface area contributed by atoms with Crippen molar-refractivity contribution >= 4 is 97.2 Å². The van der Waals surface area contributed by atoms with Crippen LogP contribution in [0, 0.1) is 0 Å². The highest BCUT2D eigenvalue weighted by Crippen LogP contribution is 2.47. The number of fused-ring (bicyclic) bond motifs is 16. The minimum Gasteiger partial charge on any atom is -0.308 e. The van der Waals surface area contributed by atoms with E-state index in [2.05, 4.69) is 193 Å². The molecule has 0 saturated carbocycles. The van der Waals surface area contributed by atoms with Crippen molar-refractivity contribution in [3.63, 3.8) is 0 Å². The van der Waals surface area contributed by atoms with E-state index in [4.69, 9.17) is 0 Å². The minimum absolute atomic E-state index is 1.20. The van der Waals surface area contributed by atoms with E-state index in [1.807, 2.05) is 0 Å². The quantitative estimate of drug-likeness (QED) is 0.161. The smallest absolute Gasteiger partial charge is 0.0626 e. The molecule has 0 aliphatic rings. The van der Waals surface area contributed by atoms with Gasteiger partial charge in [0.25, 0.3) is 0 Å². The first-order valence-electron chi connectivity index (χ1n) is 18.4. The van der Waals surface area contributed by atoms with Gasteiger partial charge in [-0.25, -0.2) is 0 Å². The second-order valence-corrected chi connectivity index (χ2v) is 14.4. The summed E-state index contributed by atoms with van der Waals surface area (Å²) >= 11 is 0. The third kappa shape index (κ3) is 3.97. The van der Waals surface area contributed by atoms with Crippen LogP contribution < -0.4 is 0 Å². The highest BCUT2D eigenvalue weighted by atomic mass is 15.0. The molecule has 0 unspecified atom stereocenters. The molecule has 1 aromatic heterocycles. The van der Waals surface area contributed by atoms with Crippen LogP contribution in [0.4, 0.5) is 0 Å². The monoisotopic (exact) mass is 669 g/mol. The molecular formula is C52H31N. The maximum absolute atomic E-state index is 2.57. The Labute approximate surface area is 305 Å². The van der Waals surface area contributed by atoms with Crippen LogP contribution in [-0.2, 0) is 0 Å². The van der Waals surface area contributed by atoms with Crippen LogP contribution in [0.1, 0.15) is 0 Å². The molecule has 244 valence electrons. The molecule has 0 N–H and O–H groups in total. The molecular weight excluding hydrogens is 639 g/mol. The molecule has 1 nitrogen and oxygen atoms in total. The average molecular weight is 670 g/mol. The Bertz CT molecular complexity index is 3510. The predicted molar refractivity (Wildman–Crippen MR) is 229 cm³/mol. The number of rotatable bonds is 2. The van der Waals surface area contributed by atoms with E-state index in [9.17, 15) is 0 Å². The van der Waals surface area contributed by atoms with Crippen LogP contribution >= 0.6 is 0 Å². The molecule has 53 heavy (non-hydrogen) atoms. The van der Waals surface area contributed by atoms with Gasteiger partial charge in [-0.2, -0.15) is 0 Å². The third-order valence-corrected chi connectivity index (χ3v) is 11.7. The van der Waals surface area contributed by atoms with Crippen LogP contribution in [-0.4, -0.2) is 4.57 Å². The summed E-state index contributed by atoms with van der Waals surface area (Å²) in [5.74, 6) is 0. The fourth-order valence-corrected chi connectivity index (χ4v) is 9.42. The van der Waals surface area contributed by atoms with Gasteiger partial charge in [-0.3, -0.25) is 0 Å². The van der Waals surface area contributed by atoms with Gasteiger partial charge in [0.1, 0.15) is 0 Å². The van der Waals surface area contributed by atoms with Crippen molar-refractivity contribution in [2.75, 3.05) is 0 Å². The van der Waals surface area contributed by atoms with E-state index in [1.54, 1.807) is 0 Å². The highest BCUT2D eigenvalue weighted by Gasteiger charge is 2.23. The van der Waals surface area contributed by atoms with Crippen molar-refractivity contribution < 1.29 is 0 Å². The second kappa shape index (κ2) is 10.8. The summed E-state index contributed by atoms with van der Waals surface area (Å²) in [5, 5.41) is 20.4. The van der Waals surface area contributed by atoms with Gasteiger partial charge in [0.15, 0.2) is 0 Å². The molecule has 0 saturated heterocycles. The summed E-state index contributed by atoms with van der Waals surface area (Å²) in [6.45, 7) is 0. The molecule has 0 bridgehead atoms. The lowest BCUT2D eigenvalue weighted by Crippen LogP contribution is -1.97. The fourth-order valence-electron chi connectivity index (χ4n) is 9.42. The molecule has 12 aromatic rings. The Kier molecular flexibility index (Phi) is 5.84. The maximum atomic E-state index is 2.57. The second-order valence-electron chi connectivity index (χ2n) is 14.4. The first-order chi connectivity index (χ1) is 26.3. The molecule has 12 rings (SSSR count). The van der Waals surface area contributed by atoms with Crippen molar-refractivity contribution in [1.82, 2.24) is 4.57 Å². The zero-order valence-corrected chi connectivity index (χ0v) is 28.8. The van der Waals surface area contributed by atoms with Crippen molar-refractivity contribution in [1.29, 1.82) is 0 Å². The van der Waals surface area contributed by atoms with Crippen LogP contribution in [0.5, 0.6) is 0 Å². The normalized spacial score (nSPS) is 12.2. The number of hydrogen-bond acceptors (Lipinski definition) is 0. The number of aromatic nitrogens is 1. The SMILES string of the molecule is c1ccc2c(c1)cc(-c1ccc3c(c1)c1c4c5ccccc5ccc4c4ccccc4c1n3-c1cc3ccccc3c3ccccc13)c1ccccc12. The van der Waals surface area contributed by atoms with Crippen LogP contribution in [0.2, 0.25) is 0 Å². The molecule has 0 aliphatic carbocycles. The Morgan fingerprint density at radius 1 is 0.283 bits per heavy atom. The maximum Gasteiger partial charge on any atom is 0.0626 e. The van der Waals surface area contributed by atoms with E-state index >= 15 is 0 Å². The van der Waals surface area contributed by atoms with Gasteiger partial charge < -0.3 is 4.57 Å². The first kappa shape index (κ1) is 28.7. The zero-order valence-electron chi connectivity index (χ0n) is 28.8. The largest absolute Gasteiger partial charge is 0.308 e. The predicted octanol–water partition coefficient (Wildman–Crippen LogP) is 14.5. The molecule has 0 atom stereocenters. The summed E-state index contributed by atoms with van der Waals surface area (Å²) < 4.78 is 2.57. The fraction of sp³-hybridized carbons (Fsp3) is 0. The van der Waals surface area contributed by atoms with Gasteiger partial charge in [-0.1, -0.05) is 164 Å². The standard InChI is InChI=1S/C52H31N/c1-6-18-38-32(13-1)25-27-44-42-22-10-12-24-45(42)52-51(50(38)44)47-30-35(46-29-33-14-2-4-16-36(33)39-19-7-8-21-41(39)46)26-28-48(47)53(52)49-31-34-15-3-5-17-37(34)40-20-9-11-23-43(40)49/h1-31H. The highest BCUT2D eigenvalue weighted by molar-refractivity contribution is 6.37. The Morgan fingerprint density at radius 2 is 0.811 bits per heavy atom. The van der Waals surface area contributed by atoms with Crippen molar-refractivity contribution in [3.05, 3.63) is 188 Å². The third-order valence-electron chi connectivity index (χ3n) is 11.7. The zero-order chi connectivity index (χ0) is 34.6. The van der Waals surface area contributed by atoms with Gasteiger partial charge >= 0.3 is 0 Å². The summed E-state index contributed by atoms with van der Waals surface area (Å²) in [7, 11) is 0. The van der Waals surface area contributed by atoms with E-state index in [1.165, 1.54) is 114 Å². The van der Waals surface area contributed by atoms with Gasteiger partial charge in [0, 0.05) is 26.9 Å². The van der Waals surface area contributed by atoms with Gasteiger partial charge in [-0.15, -0.1) is 0 Å². The molecule has 0 aliphatic heterocycles. The van der Waals surface area contributed by atoms with Crippen LogP contribution in [0.25, 0.3) is 114 Å². The van der Waals surface area contributed by atoms with E-state index < -0.39 is 0 Å². The summed E-state index contributed by atoms with van der Waals surface area (Å²) in [6.07, 6.45) is 0. The summed E-state index contributed by atoms with van der Waals surface area (Å²) in [6, 6.07) is 69.9. The molecule has 11 aromatic carbocycles. The van der Waals surface area contributed by atoms with Crippen molar-refractivity contribution in [2.45, 2.75) is 0 Å². The Hall–Kier alpha value is -6.96. The lowest BCUT2D eigenvalue weighted by atomic mass is 9.91. The molecule has 0 radical (unpaired) electrons. The van der Waals surface area contributed by atoms with Crippen LogP contribution in [0.3, 0.4) is 0 Å². The number of hydrogen-bond donors (Lipinski definition) is 0. The lowest BCUT2D eigenvalue weighted by Gasteiger charge is -2.16. The van der Waals surface area contributed by atoms with E-state index in [0.717, 1.165) is 0 Å². The minimum atomic E-state index is 1.20. The van der Waals surface area contributed by atoms with E-state index in [0.29, 0.717) is 0 Å². The topological polar surface area (TPSA) is 4.93 Å². The van der Waals surface area contributed by atoms with Gasteiger partial charge in [0.2, 0.25) is 0 Å². The molecule has 1 heterocycles. The number of nitrogens with zero attached hydrogens (tertiary/aromatic N) is 1. The molecule has 0 fully saturated rings. The van der Waals surface area contributed by atoms with Crippen molar-refractivity contribution in [3.8, 4) is 16.8 Å².